The van der Waals surface area contributed by atoms with E-state index in [2.05, 4.69) is 20.7 Å². The zero-order chi connectivity index (χ0) is 15.6. The smallest absolute Gasteiger partial charge is 0.262 e. The first-order valence-electron chi connectivity index (χ1n) is 6.06. The molecular weight excluding hydrogens is 356 g/mol. The number of rotatable bonds is 4. The summed E-state index contributed by atoms with van der Waals surface area (Å²) < 4.78 is 33.2. The molecule has 5 nitrogen and oxygen atoms in total. The maximum Gasteiger partial charge on any atom is 0.262 e. The van der Waals surface area contributed by atoms with Crippen molar-refractivity contribution in [3.8, 4) is 5.75 Å². The van der Waals surface area contributed by atoms with E-state index in [1.54, 1.807) is 6.07 Å². The van der Waals surface area contributed by atoms with Crippen LogP contribution >= 0.6 is 15.9 Å². The zero-order valence-corrected chi connectivity index (χ0v) is 14.0. The fourth-order valence-electron chi connectivity index (χ4n) is 1.77. The standard InChI is InChI=1S/C14H15BrN2O3S/c1-9-3-4-10(15)7-13(9)17-21(18,19)11-5-6-12(16)14(8-11)20-2/h3-8,17H,16H2,1-2H3. The molecule has 112 valence electrons. The second-order valence-corrected chi connectivity index (χ2v) is 7.07. The van der Waals surface area contributed by atoms with Gasteiger partial charge in [0.1, 0.15) is 5.75 Å². The van der Waals surface area contributed by atoms with Crippen molar-refractivity contribution in [3.63, 3.8) is 0 Å². The molecule has 0 fully saturated rings. The molecular formula is C14H15BrN2O3S. The van der Waals surface area contributed by atoms with Crippen molar-refractivity contribution >= 4 is 37.3 Å². The van der Waals surface area contributed by atoms with Crippen LogP contribution in [-0.4, -0.2) is 15.5 Å². The first kappa shape index (κ1) is 15.7. The van der Waals surface area contributed by atoms with Crippen LogP contribution in [-0.2, 0) is 10.0 Å². The highest BCUT2D eigenvalue weighted by Crippen LogP contribution is 2.27. The van der Waals surface area contributed by atoms with Gasteiger partial charge in [-0.3, -0.25) is 4.72 Å². The lowest BCUT2D eigenvalue weighted by Gasteiger charge is -2.12. The Morgan fingerprint density at radius 3 is 2.57 bits per heavy atom. The minimum atomic E-state index is -3.71. The van der Waals surface area contributed by atoms with Crippen LogP contribution in [0.3, 0.4) is 0 Å². The van der Waals surface area contributed by atoms with E-state index >= 15 is 0 Å². The van der Waals surface area contributed by atoms with Crippen molar-refractivity contribution in [1.82, 2.24) is 0 Å². The molecule has 0 atom stereocenters. The predicted molar refractivity (Wildman–Crippen MR) is 87.1 cm³/mol. The van der Waals surface area contributed by atoms with Gasteiger partial charge >= 0.3 is 0 Å². The highest BCUT2D eigenvalue weighted by atomic mass is 79.9. The van der Waals surface area contributed by atoms with Gasteiger partial charge < -0.3 is 10.5 Å². The molecule has 21 heavy (non-hydrogen) atoms. The van der Waals surface area contributed by atoms with E-state index in [1.807, 2.05) is 19.1 Å². The van der Waals surface area contributed by atoms with Crippen LogP contribution in [0.2, 0.25) is 0 Å². The number of ether oxygens (including phenoxy) is 1. The normalized spacial score (nSPS) is 11.2. The number of hydrogen-bond donors (Lipinski definition) is 2. The second kappa shape index (κ2) is 5.95. The maximum atomic E-state index is 12.4. The minimum Gasteiger partial charge on any atom is -0.495 e. The lowest BCUT2D eigenvalue weighted by Crippen LogP contribution is -2.14. The van der Waals surface area contributed by atoms with Crippen LogP contribution in [0.4, 0.5) is 11.4 Å². The number of nitrogens with two attached hydrogens (primary N) is 1. The molecule has 0 aromatic heterocycles. The predicted octanol–water partition coefficient (Wildman–Crippen LogP) is 3.15. The Bertz CT molecular complexity index is 776. The van der Waals surface area contributed by atoms with E-state index in [-0.39, 0.29) is 4.90 Å². The summed E-state index contributed by atoms with van der Waals surface area (Å²) in [5.74, 6) is 0.323. The van der Waals surface area contributed by atoms with Crippen LogP contribution in [0.15, 0.2) is 45.8 Å². The summed E-state index contributed by atoms with van der Waals surface area (Å²) >= 11 is 3.32. The van der Waals surface area contributed by atoms with Crippen LogP contribution in [0.5, 0.6) is 5.75 Å². The quantitative estimate of drug-likeness (QED) is 0.809. The van der Waals surface area contributed by atoms with Crippen LogP contribution in [0.1, 0.15) is 5.56 Å². The SMILES string of the molecule is COc1cc(S(=O)(=O)Nc2cc(Br)ccc2C)ccc1N. The summed E-state index contributed by atoms with van der Waals surface area (Å²) in [4.78, 5) is 0.0907. The number of aryl methyl sites for hydroxylation is 1. The minimum absolute atomic E-state index is 0.0907. The van der Waals surface area contributed by atoms with E-state index in [9.17, 15) is 8.42 Å². The van der Waals surface area contributed by atoms with Crippen molar-refractivity contribution < 1.29 is 13.2 Å². The molecule has 0 amide bonds. The van der Waals surface area contributed by atoms with Gasteiger partial charge in [0, 0.05) is 10.5 Å². The third-order valence-electron chi connectivity index (χ3n) is 2.96. The Morgan fingerprint density at radius 1 is 1.19 bits per heavy atom. The molecule has 3 N–H and O–H groups in total. The largest absolute Gasteiger partial charge is 0.495 e. The second-order valence-electron chi connectivity index (χ2n) is 4.47. The summed E-state index contributed by atoms with van der Waals surface area (Å²) in [5, 5.41) is 0. The van der Waals surface area contributed by atoms with Crippen LogP contribution in [0.25, 0.3) is 0 Å². The highest BCUT2D eigenvalue weighted by Gasteiger charge is 2.17. The van der Waals surface area contributed by atoms with Gasteiger partial charge in [-0.05, 0) is 36.8 Å². The number of benzene rings is 2. The Hall–Kier alpha value is -1.73. The van der Waals surface area contributed by atoms with E-state index in [0.717, 1.165) is 10.0 Å². The Kier molecular flexibility index (Phi) is 4.43. The first-order chi connectivity index (χ1) is 9.83. The van der Waals surface area contributed by atoms with Gasteiger partial charge in [-0.25, -0.2) is 8.42 Å². The molecule has 0 radical (unpaired) electrons. The molecule has 0 unspecified atom stereocenters. The van der Waals surface area contributed by atoms with E-state index in [4.69, 9.17) is 10.5 Å². The van der Waals surface area contributed by atoms with Crippen molar-refractivity contribution in [1.29, 1.82) is 0 Å². The van der Waals surface area contributed by atoms with Crippen LogP contribution < -0.4 is 15.2 Å². The number of methoxy groups -OCH3 is 1. The van der Waals surface area contributed by atoms with Crippen molar-refractivity contribution in [3.05, 3.63) is 46.4 Å². The van der Waals surface area contributed by atoms with E-state index < -0.39 is 10.0 Å². The molecule has 7 heteroatoms. The van der Waals surface area contributed by atoms with Crippen molar-refractivity contribution in [2.24, 2.45) is 0 Å². The van der Waals surface area contributed by atoms with Gasteiger partial charge in [-0.1, -0.05) is 22.0 Å². The molecule has 0 aliphatic carbocycles. The van der Waals surface area contributed by atoms with E-state index in [0.29, 0.717) is 17.1 Å². The van der Waals surface area contributed by atoms with Gasteiger partial charge in [0.25, 0.3) is 10.0 Å². The lowest BCUT2D eigenvalue weighted by molar-refractivity contribution is 0.415. The number of halogens is 1. The molecule has 0 aliphatic rings. The third-order valence-corrected chi connectivity index (χ3v) is 4.82. The van der Waals surface area contributed by atoms with Gasteiger partial charge in [0.15, 0.2) is 0 Å². The average molecular weight is 371 g/mol. The topological polar surface area (TPSA) is 81.4 Å². The van der Waals surface area contributed by atoms with Gasteiger partial charge in [0.2, 0.25) is 0 Å². The lowest BCUT2D eigenvalue weighted by atomic mass is 10.2. The van der Waals surface area contributed by atoms with Crippen molar-refractivity contribution in [2.75, 3.05) is 17.6 Å². The molecule has 2 aromatic carbocycles. The monoisotopic (exact) mass is 370 g/mol. The molecule has 2 rings (SSSR count). The molecule has 0 saturated heterocycles. The summed E-state index contributed by atoms with van der Waals surface area (Å²) in [6.45, 7) is 1.83. The summed E-state index contributed by atoms with van der Waals surface area (Å²) in [6, 6.07) is 9.71. The van der Waals surface area contributed by atoms with E-state index in [1.165, 1.54) is 25.3 Å². The molecule has 0 spiro atoms. The van der Waals surface area contributed by atoms with Gasteiger partial charge in [0.05, 0.1) is 23.4 Å². The molecule has 0 bridgehead atoms. The van der Waals surface area contributed by atoms with Crippen LogP contribution in [0, 0.1) is 6.92 Å². The molecule has 0 heterocycles. The molecule has 0 saturated carbocycles. The number of hydrogen-bond acceptors (Lipinski definition) is 4. The zero-order valence-electron chi connectivity index (χ0n) is 11.6. The number of sulfonamides is 1. The first-order valence-corrected chi connectivity index (χ1v) is 8.33. The fourth-order valence-corrected chi connectivity index (χ4v) is 3.26. The molecule has 0 aliphatic heterocycles. The fraction of sp³-hybridized carbons (Fsp3) is 0.143. The Labute approximate surface area is 132 Å². The third kappa shape index (κ3) is 3.48. The Morgan fingerprint density at radius 2 is 1.90 bits per heavy atom. The van der Waals surface area contributed by atoms with Crippen molar-refractivity contribution in [2.45, 2.75) is 11.8 Å². The molecule has 2 aromatic rings. The average Bonchev–Trinajstić information content (AvgIpc) is 2.43. The maximum absolute atomic E-state index is 12.4. The van der Waals surface area contributed by atoms with Gasteiger partial charge in [-0.2, -0.15) is 0 Å². The Balaban J connectivity index is 2.41. The number of nitrogens with one attached hydrogen (secondary N) is 1. The highest BCUT2D eigenvalue weighted by molar-refractivity contribution is 9.10. The number of anilines is 2. The summed E-state index contributed by atoms with van der Waals surface area (Å²) in [7, 11) is -2.27. The summed E-state index contributed by atoms with van der Waals surface area (Å²) in [5.41, 5.74) is 7.42. The number of nitrogen functional groups attached to an aromatic ring is 1. The summed E-state index contributed by atoms with van der Waals surface area (Å²) in [6.07, 6.45) is 0. The van der Waals surface area contributed by atoms with Gasteiger partial charge in [-0.15, -0.1) is 0 Å².